The third-order valence-electron chi connectivity index (χ3n) is 13.9. The minimum absolute atomic E-state index is 0.463. The number of anilines is 3. The number of hydrogen-bond acceptors (Lipinski definition) is 7. The van der Waals surface area contributed by atoms with Gasteiger partial charge in [0.25, 0.3) is 0 Å². The van der Waals surface area contributed by atoms with Gasteiger partial charge in [-0.25, -0.2) is 0 Å². The first-order chi connectivity index (χ1) is 36.7. The van der Waals surface area contributed by atoms with E-state index in [1.165, 1.54) is 10.8 Å². The second-order valence-electron chi connectivity index (χ2n) is 18.3. The molecule has 0 N–H and O–H groups in total. The lowest BCUT2D eigenvalue weighted by Gasteiger charge is -2.27. The Bertz CT molecular complexity index is 4340. The summed E-state index contributed by atoms with van der Waals surface area (Å²) < 4.78 is 14.8. The van der Waals surface area contributed by atoms with Gasteiger partial charge in [-0.3, -0.25) is 0 Å². The molecule has 11 aromatic carbocycles. The minimum atomic E-state index is 0.463. The molecule has 0 spiro atoms. The van der Waals surface area contributed by atoms with Gasteiger partial charge in [0.05, 0.1) is 11.0 Å². The molecule has 14 rings (SSSR count). The Morgan fingerprint density at radius 2 is 0.649 bits per heavy atom. The predicted octanol–water partition coefficient (Wildman–Crippen LogP) is 17.3. The van der Waals surface area contributed by atoms with E-state index in [4.69, 9.17) is 8.83 Å². The summed E-state index contributed by atoms with van der Waals surface area (Å²) in [6.07, 6.45) is 0. The molecule has 348 valence electrons. The highest BCUT2D eigenvalue weighted by atomic mass is 16.4. The van der Waals surface area contributed by atoms with E-state index in [2.05, 4.69) is 224 Å². The van der Waals surface area contributed by atoms with Gasteiger partial charge >= 0.3 is 0 Å². The van der Waals surface area contributed by atoms with Crippen molar-refractivity contribution in [1.29, 1.82) is 0 Å². The molecule has 8 heteroatoms. The largest absolute Gasteiger partial charge is 0.416 e. The van der Waals surface area contributed by atoms with E-state index >= 15 is 0 Å². The Balaban J connectivity index is 0.956. The summed E-state index contributed by atoms with van der Waals surface area (Å²) in [5.41, 5.74) is 14.4. The van der Waals surface area contributed by atoms with E-state index < -0.39 is 0 Å². The van der Waals surface area contributed by atoms with Gasteiger partial charge in [-0.2, -0.15) is 0 Å². The molecule has 0 fully saturated rings. The highest BCUT2D eigenvalue weighted by Gasteiger charge is 2.23. The lowest BCUT2D eigenvalue weighted by Crippen LogP contribution is -2.10. The molecule has 0 radical (unpaired) electrons. The summed E-state index contributed by atoms with van der Waals surface area (Å²) in [5, 5.41) is 24.5. The smallest absolute Gasteiger partial charge is 0.248 e. The molecule has 0 aliphatic heterocycles. The Kier molecular flexibility index (Phi) is 10.3. The number of fused-ring (bicyclic) bond motifs is 5. The Labute approximate surface area is 425 Å². The van der Waals surface area contributed by atoms with Crippen LogP contribution in [0.5, 0.6) is 0 Å². The van der Waals surface area contributed by atoms with Crippen molar-refractivity contribution in [1.82, 2.24) is 25.0 Å². The standard InChI is InChI=1S/C66H42N6O2/c1-5-17-45(18-6-1)63-67-69-65(73-63)47-33-29-43(30-34-47)61-54-26-13-14-27-55(54)62(44-31-35-48(36-32-44)66-70-68-64(74-66)46-19-7-2-8-20-46)58-42-51(37-39-56(58)61)71(49-21-9-3-10-22-49)52-38-40-60-57(41-52)53-25-15-16-28-59(53)72(60)50-23-11-4-12-24-50/h1-42H. The van der Waals surface area contributed by atoms with Crippen LogP contribution in [-0.2, 0) is 0 Å². The first-order valence-electron chi connectivity index (χ1n) is 24.6. The summed E-state index contributed by atoms with van der Waals surface area (Å²) in [6.45, 7) is 0. The molecule has 0 atom stereocenters. The maximum absolute atomic E-state index is 6.22. The van der Waals surface area contributed by atoms with Crippen LogP contribution in [-0.4, -0.2) is 25.0 Å². The molecular weight excluding hydrogens is 909 g/mol. The first-order valence-corrected chi connectivity index (χ1v) is 24.6. The van der Waals surface area contributed by atoms with E-state index in [1.54, 1.807) is 0 Å². The Morgan fingerprint density at radius 1 is 0.270 bits per heavy atom. The normalized spacial score (nSPS) is 11.5. The average Bonchev–Trinajstić information content (AvgIpc) is 4.26. The van der Waals surface area contributed by atoms with Crippen LogP contribution in [0.3, 0.4) is 0 Å². The molecule has 0 saturated heterocycles. The van der Waals surface area contributed by atoms with Gasteiger partial charge in [0, 0.05) is 55.8 Å². The SMILES string of the molecule is c1ccc(-c2nnc(-c3ccc(-c4c5ccccc5c(-c5ccc(-c6nnc(-c7ccccc7)o6)cc5)c5cc(N(c6ccccc6)c6ccc7c(c6)c6ccccc6n7-c6ccccc6)ccc45)cc3)o2)cc1. The maximum atomic E-state index is 6.22. The predicted molar refractivity (Wildman–Crippen MR) is 299 cm³/mol. The third kappa shape index (κ3) is 7.40. The van der Waals surface area contributed by atoms with Gasteiger partial charge in [0.1, 0.15) is 0 Å². The zero-order valence-corrected chi connectivity index (χ0v) is 39.7. The van der Waals surface area contributed by atoms with Crippen LogP contribution in [0.1, 0.15) is 0 Å². The van der Waals surface area contributed by atoms with Gasteiger partial charge < -0.3 is 18.3 Å². The van der Waals surface area contributed by atoms with Crippen molar-refractivity contribution >= 4 is 60.4 Å². The van der Waals surface area contributed by atoms with Crippen LogP contribution >= 0.6 is 0 Å². The van der Waals surface area contributed by atoms with Crippen LogP contribution in [0.2, 0.25) is 0 Å². The van der Waals surface area contributed by atoms with Crippen molar-refractivity contribution in [3.05, 3.63) is 255 Å². The van der Waals surface area contributed by atoms with Crippen LogP contribution in [0.15, 0.2) is 264 Å². The molecule has 0 unspecified atom stereocenters. The molecule has 14 aromatic rings. The van der Waals surface area contributed by atoms with Gasteiger partial charge in [0.15, 0.2) is 0 Å². The van der Waals surface area contributed by atoms with E-state index in [1.807, 2.05) is 60.7 Å². The summed E-state index contributed by atoms with van der Waals surface area (Å²) >= 11 is 0. The summed E-state index contributed by atoms with van der Waals surface area (Å²) in [6, 6.07) is 89.1. The average molecular weight is 951 g/mol. The highest BCUT2D eigenvalue weighted by molar-refractivity contribution is 6.22. The van der Waals surface area contributed by atoms with E-state index in [-0.39, 0.29) is 0 Å². The van der Waals surface area contributed by atoms with Crippen LogP contribution in [0, 0.1) is 0 Å². The number of nitrogens with zero attached hydrogens (tertiary/aromatic N) is 6. The van der Waals surface area contributed by atoms with Crippen molar-refractivity contribution in [2.45, 2.75) is 0 Å². The Hall–Kier alpha value is -10.2. The maximum Gasteiger partial charge on any atom is 0.248 e. The second-order valence-corrected chi connectivity index (χ2v) is 18.3. The number of rotatable bonds is 10. The molecule has 0 aliphatic carbocycles. The van der Waals surface area contributed by atoms with Crippen molar-refractivity contribution in [2.75, 3.05) is 4.90 Å². The zero-order chi connectivity index (χ0) is 49.0. The van der Waals surface area contributed by atoms with E-state index in [0.717, 1.165) is 99.8 Å². The van der Waals surface area contributed by atoms with Crippen LogP contribution in [0.4, 0.5) is 17.1 Å². The lowest BCUT2D eigenvalue weighted by atomic mass is 9.85. The fourth-order valence-electron chi connectivity index (χ4n) is 10.5. The summed E-state index contributed by atoms with van der Waals surface area (Å²) in [7, 11) is 0. The Morgan fingerprint density at radius 3 is 1.19 bits per heavy atom. The van der Waals surface area contributed by atoms with Crippen molar-refractivity contribution in [2.24, 2.45) is 0 Å². The summed E-state index contributed by atoms with van der Waals surface area (Å²) in [5.74, 6) is 1.90. The fourth-order valence-corrected chi connectivity index (χ4v) is 10.5. The van der Waals surface area contributed by atoms with Crippen molar-refractivity contribution in [3.8, 4) is 73.8 Å². The molecule has 8 nitrogen and oxygen atoms in total. The molecule has 74 heavy (non-hydrogen) atoms. The van der Waals surface area contributed by atoms with Crippen LogP contribution in [0.25, 0.3) is 117 Å². The second kappa shape index (κ2) is 17.9. The topological polar surface area (TPSA) is 86.0 Å². The number of hydrogen-bond donors (Lipinski definition) is 0. The molecule has 0 bridgehead atoms. The monoisotopic (exact) mass is 950 g/mol. The lowest BCUT2D eigenvalue weighted by molar-refractivity contribution is 0.584. The van der Waals surface area contributed by atoms with Crippen LogP contribution < -0.4 is 4.90 Å². The third-order valence-corrected chi connectivity index (χ3v) is 13.9. The van der Waals surface area contributed by atoms with Gasteiger partial charge in [-0.05, 0) is 153 Å². The van der Waals surface area contributed by atoms with Gasteiger partial charge in [-0.15, -0.1) is 20.4 Å². The highest BCUT2D eigenvalue weighted by Crippen LogP contribution is 2.47. The van der Waals surface area contributed by atoms with E-state index in [9.17, 15) is 0 Å². The molecular formula is C66H42N6O2. The van der Waals surface area contributed by atoms with Crippen molar-refractivity contribution < 1.29 is 8.83 Å². The quantitative estimate of drug-likeness (QED) is 0.126. The van der Waals surface area contributed by atoms with E-state index in [0.29, 0.717) is 23.6 Å². The van der Waals surface area contributed by atoms with Gasteiger partial charge in [-0.1, -0.05) is 146 Å². The molecule has 0 amide bonds. The summed E-state index contributed by atoms with van der Waals surface area (Å²) in [4.78, 5) is 2.37. The minimum Gasteiger partial charge on any atom is -0.416 e. The van der Waals surface area contributed by atoms with Gasteiger partial charge in [0.2, 0.25) is 23.6 Å². The molecule has 0 saturated carbocycles. The molecule has 0 aliphatic rings. The number of para-hydroxylation sites is 3. The molecule has 3 aromatic heterocycles. The molecule has 3 heterocycles. The van der Waals surface area contributed by atoms with Crippen molar-refractivity contribution in [3.63, 3.8) is 0 Å². The first kappa shape index (κ1) is 42.7. The number of aromatic nitrogens is 5. The fraction of sp³-hybridized carbons (Fsp3) is 0. The zero-order valence-electron chi connectivity index (χ0n) is 39.7. The number of benzene rings is 11.